The van der Waals surface area contributed by atoms with Crippen LogP contribution in [0.3, 0.4) is 0 Å². The molecule has 0 spiro atoms. The molecule has 2 amide bonds. The lowest BCUT2D eigenvalue weighted by Gasteiger charge is -2.23. The van der Waals surface area contributed by atoms with E-state index in [-0.39, 0.29) is 30.3 Å². The lowest BCUT2D eigenvalue weighted by molar-refractivity contribution is 0.246. The summed E-state index contributed by atoms with van der Waals surface area (Å²) in [6.07, 6.45) is 0. The van der Waals surface area contributed by atoms with Crippen molar-refractivity contribution in [3.8, 4) is 5.75 Å². The maximum atomic E-state index is 13.4. The van der Waals surface area contributed by atoms with Crippen molar-refractivity contribution >= 4 is 11.7 Å². The Balaban J connectivity index is 1.83. The van der Waals surface area contributed by atoms with Gasteiger partial charge >= 0.3 is 6.03 Å². The van der Waals surface area contributed by atoms with E-state index in [1.807, 2.05) is 24.3 Å². The molecule has 0 saturated carbocycles. The van der Waals surface area contributed by atoms with Gasteiger partial charge in [0.25, 0.3) is 0 Å². The van der Waals surface area contributed by atoms with Crippen molar-refractivity contribution in [2.75, 3.05) is 18.5 Å². The van der Waals surface area contributed by atoms with Gasteiger partial charge in [0, 0.05) is 5.69 Å². The monoisotopic (exact) mass is 330 g/mol. The average molecular weight is 330 g/mol. The Bertz CT molecular complexity index is 696. The number of hydrogen-bond acceptors (Lipinski definition) is 2. The van der Waals surface area contributed by atoms with E-state index >= 15 is 0 Å². The Morgan fingerprint density at radius 3 is 2.46 bits per heavy atom. The van der Waals surface area contributed by atoms with E-state index in [9.17, 15) is 9.18 Å². The van der Waals surface area contributed by atoms with Gasteiger partial charge in [-0.3, -0.25) is 0 Å². The topological polar surface area (TPSA) is 50.4 Å². The standard InChI is InChI=1S/C19H23FN2O2/c1-19(2,3)14-8-4-6-10-16(14)22-18(23)21-12-13-24-17-11-7-5-9-15(17)20/h4-11H,12-13H2,1-3H3,(H2,21,22,23). The second kappa shape index (κ2) is 7.81. The second-order valence-electron chi connectivity index (χ2n) is 6.46. The number of anilines is 1. The Hall–Kier alpha value is -2.56. The molecule has 2 aromatic rings. The fraction of sp³-hybridized carbons (Fsp3) is 0.316. The molecular formula is C19H23FN2O2. The van der Waals surface area contributed by atoms with Crippen LogP contribution >= 0.6 is 0 Å². The Kier molecular flexibility index (Phi) is 5.79. The van der Waals surface area contributed by atoms with E-state index in [2.05, 4.69) is 31.4 Å². The van der Waals surface area contributed by atoms with Crippen molar-refractivity contribution in [1.82, 2.24) is 5.32 Å². The molecule has 128 valence electrons. The van der Waals surface area contributed by atoms with Gasteiger partial charge in [-0.15, -0.1) is 0 Å². The van der Waals surface area contributed by atoms with Gasteiger partial charge in [0.05, 0.1) is 6.54 Å². The summed E-state index contributed by atoms with van der Waals surface area (Å²) in [6.45, 7) is 6.74. The summed E-state index contributed by atoms with van der Waals surface area (Å²) in [4.78, 5) is 12.0. The van der Waals surface area contributed by atoms with Crippen LogP contribution in [0.5, 0.6) is 5.75 Å². The van der Waals surface area contributed by atoms with Gasteiger partial charge in [0.1, 0.15) is 6.61 Å². The first-order valence-corrected chi connectivity index (χ1v) is 7.89. The van der Waals surface area contributed by atoms with E-state index in [1.165, 1.54) is 6.07 Å². The van der Waals surface area contributed by atoms with Crippen LogP contribution in [0.1, 0.15) is 26.3 Å². The summed E-state index contributed by atoms with van der Waals surface area (Å²) in [5.41, 5.74) is 1.76. The molecule has 0 heterocycles. The number of nitrogens with one attached hydrogen (secondary N) is 2. The van der Waals surface area contributed by atoms with Crippen LogP contribution in [0.4, 0.5) is 14.9 Å². The number of urea groups is 1. The van der Waals surface area contributed by atoms with Gasteiger partial charge in [-0.25, -0.2) is 9.18 Å². The maximum absolute atomic E-state index is 13.4. The van der Waals surface area contributed by atoms with E-state index < -0.39 is 5.82 Å². The molecule has 0 aliphatic heterocycles. The Morgan fingerprint density at radius 1 is 1.08 bits per heavy atom. The third-order valence-corrected chi connectivity index (χ3v) is 3.47. The first-order chi connectivity index (χ1) is 11.4. The SMILES string of the molecule is CC(C)(C)c1ccccc1NC(=O)NCCOc1ccccc1F. The first-order valence-electron chi connectivity index (χ1n) is 7.89. The minimum Gasteiger partial charge on any atom is -0.489 e. The summed E-state index contributed by atoms with van der Waals surface area (Å²) < 4.78 is 18.7. The molecule has 2 rings (SSSR count). The van der Waals surface area contributed by atoms with Gasteiger partial charge in [-0.05, 0) is 29.2 Å². The van der Waals surface area contributed by atoms with Crippen LogP contribution in [0.2, 0.25) is 0 Å². The van der Waals surface area contributed by atoms with E-state index in [0.717, 1.165) is 11.3 Å². The summed E-state index contributed by atoms with van der Waals surface area (Å²) in [7, 11) is 0. The summed E-state index contributed by atoms with van der Waals surface area (Å²) in [5.74, 6) is -0.237. The third-order valence-electron chi connectivity index (χ3n) is 3.47. The highest BCUT2D eigenvalue weighted by Gasteiger charge is 2.18. The molecule has 0 atom stereocenters. The predicted octanol–water partition coefficient (Wildman–Crippen LogP) is 4.32. The molecule has 24 heavy (non-hydrogen) atoms. The Labute approximate surface area is 142 Å². The fourth-order valence-electron chi connectivity index (χ4n) is 2.30. The molecule has 0 radical (unpaired) electrons. The van der Waals surface area contributed by atoms with Crippen LogP contribution < -0.4 is 15.4 Å². The molecule has 4 nitrogen and oxygen atoms in total. The normalized spacial score (nSPS) is 11.0. The molecule has 0 unspecified atom stereocenters. The predicted molar refractivity (Wildman–Crippen MR) is 94.1 cm³/mol. The van der Waals surface area contributed by atoms with E-state index in [1.54, 1.807) is 18.2 Å². The number of para-hydroxylation sites is 2. The van der Waals surface area contributed by atoms with Gasteiger partial charge in [0.15, 0.2) is 11.6 Å². The number of carbonyl (C=O) groups is 1. The number of benzene rings is 2. The highest BCUT2D eigenvalue weighted by molar-refractivity contribution is 5.90. The zero-order valence-electron chi connectivity index (χ0n) is 14.2. The molecular weight excluding hydrogens is 307 g/mol. The molecule has 0 aliphatic carbocycles. The van der Waals surface area contributed by atoms with Crippen LogP contribution in [0.25, 0.3) is 0 Å². The van der Waals surface area contributed by atoms with Crippen molar-refractivity contribution in [2.24, 2.45) is 0 Å². The summed E-state index contributed by atoms with van der Waals surface area (Å²) in [6, 6.07) is 13.6. The zero-order valence-corrected chi connectivity index (χ0v) is 14.2. The number of rotatable bonds is 5. The molecule has 0 saturated heterocycles. The summed E-state index contributed by atoms with van der Waals surface area (Å²) >= 11 is 0. The van der Waals surface area contributed by atoms with Crippen molar-refractivity contribution in [2.45, 2.75) is 26.2 Å². The lowest BCUT2D eigenvalue weighted by Crippen LogP contribution is -2.33. The number of amides is 2. The quantitative estimate of drug-likeness (QED) is 0.802. The van der Waals surface area contributed by atoms with Gasteiger partial charge in [-0.2, -0.15) is 0 Å². The minimum absolute atomic E-state index is 0.0716. The number of halogens is 1. The van der Waals surface area contributed by atoms with Crippen LogP contribution in [0.15, 0.2) is 48.5 Å². The number of ether oxygens (including phenoxy) is 1. The van der Waals surface area contributed by atoms with Crippen molar-refractivity contribution < 1.29 is 13.9 Å². The molecule has 5 heteroatoms. The van der Waals surface area contributed by atoms with Gasteiger partial charge < -0.3 is 15.4 Å². The molecule has 0 aliphatic rings. The Morgan fingerprint density at radius 2 is 1.75 bits per heavy atom. The highest BCUT2D eigenvalue weighted by Crippen LogP contribution is 2.29. The molecule has 0 aromatic heterocycles. The van der Waals surface area contributed by atoms with E-state index in [0.29, 0.717) is 0 Å². The summed E-state index contributed by atoms with van der Waals surface area (Å²) in [5, 5.41) is 5.55. The molecule has 0 bridgehead atoms. The molecule has 2 N–H and O–H groups in total. The molecule has 0 fully saturated rings. The third kappa shape index (κ3) is 4.98. The minimum atomic E-state index is -0.416. The van der Waals surface area contributed by atoms with E-state index in [4.69, 9.17) is 4.74 Å². The smallest absolute Gasteiger partial charge is 0.319 e. The van der Waals surface area contributed by atoms with Crippen LogP contribution in [0, 0.1) is 5.82 Å². The lowest BCUT2D eigenvalue weighted by atomic mass is 9.86. The highest BCUT2D eigenvalue weighted by atomic mass is 19.1. The largest absolute Gasteiger partial charge is 0.489 e. The average Bonchev–Trinajstić information content (AvgIpc) is 2.52. The zero-order chi connectivity index (χ0) is 17.6. The fourth-order valence-corrected chi connectivity index (χ4v) is 2.30. The second-order valence-corrected chi connectivity index (χ2v) is 6.46. The van der Waals surface area contributed by atoms with Gasteiger partial charge in [0.2, 0.25) is 0 Å². The van der Waals surface area contributed by atoms with Crippen molar-refractivity contribution in [3.63, 3.8) is 0 Å². The van der Waals surface area contributed by atoms with Crippen LogP contribution in [-0.2, 0) is 5.41 Å². The maximum Gasteiger partial charge on any atom is 0.319 e. The molecule has 2 aromatic carbocycles. The number of carbonyl (C=O) groups excluding carboxylic acids is 1. The van der Waals surface area contributed by atoms with Gasteiger partial charge in [-0.1, -0.05) is 51.1 Å². The first kappa shape index (κ1) is 17.8. The van der Waals surface area contributed by atoms with Crippen molar-refractivity contribution in [1.29, 1.82) is 0 Å². The van der Waals surface area contributed by atoms with Crippen LogP contribution in [-0.4, -0.2) is 19.2 Å². The number of hydrogen-bond donors (Lipinski definition) is 2. The van der Waals surface area contributed by atoms with Crippen molar-refractivity contribution in [3.05, 3.63) is 59.9 Å².